The first-order chi connectivity index (χ1) is 26.0. The Morgan fingerprint density at radius 3 is 1.46 bits per heavy atom. The minimum Gasteiger partial charge on any atom is -0.207 e. The van der Waals surface area contributed by atoms with Crippen LogP contribution in [0.2, 0.25) is 0 Å². The number of hydrogen-bond donors (Lipinski definition) is 0. The lowest BCUT2D eigenvalue weighted by Gasteiger charge is -2.17. The SMILES string of the molecule is [C-]#[N+]C([N+]#[C-])=C1Cc2c(-c3ccc(F)cc3)c3c(c(-c4ccc(F)cc4)c2=C1c1ccc(C)cc1)CC(=C(C#N)C#N)C=3c1ccc(SC(F)(F)F)cc1. The molecule has 0 heterocycles. The molecule has 260 valence electrons. The molecule has 2 aliphatic rings. The zero-order chi connectivity index (χ0) is 38.3. The van der Waals surface area contributed by atoms with Gasteiger partial charge in [0.1, 0.15) is 42.5 Å². The summed E-state index contributed by atoms with van der Waals surface area (Å²) in [6.45, 7) is 17.9. The van der Waals surface area contributed by atoms with Gasteiger partial charge in [-0.05, 0) is 133 Å². The van der Waals surface area contributed by atoms with E-state index >= 15 is 0 Å². The number of halogens is 5. The fourth-order valence-electron chi connectivity index (χ4n) is 7.37. The Balaban J connectivity index is 1.78. The summed E-state index contributed by atoms with van der Waals surface area (Å²) in [6.07, 6.45) is 0.136. The van der Waals surface area contributed by atoms with E-state index in [0.717, 1.165) is 11.1 Å². The molecule has 0 bridgehead atoms. The zero-order valence-corrected chi connectivity index (χ0v) is 29.1. The molecule has 5 aromatic rings. The largest absolute Gasteiger partial charge is 0.523 e. The van der Waals surface area contributed by atoms with E-state index in [2.05, 4.69) is 9.69 Å². The Kier molecular flexibility index (Phi) is 9.26. The van der Waals surface area contributed by atoms with Gasteiger partial charge in [-0.2, -0.15) is 33.4 Å². The van der Waals surface area contributed by atoms with Crippen molar-refractivity contribution >= 4 is 22.9 Å². The van der Waals surface area contributed by atoms with Gasteiger partial charge in [0.25, 0.3) is 0 Å². The molecule has 0 fully saturated rings. The number of nitrogens with zero attached hydrogens (tertiary/aromatic N) is 4. The molecular weight excluding hydrogens is 712 g/mol. The van der Waals surface area contributed by atoms with Gasteiger partial charge in [0.15, 0.2) is 0 Å². The van der Waals surface area contributed by atoms with Crippen molar-refractivity contribution in [3.63, 3.8) is 0 Å². The molecule has 4 nitrogen and oxygen atoms in total. The van der Waals surface area contributed by atoms with Crippen molar-refractivity contribution in [1.82, 2.24) is 0 Å². The van der Waals surface area contributed by atoms with Crippen LogP contribution in [0.3, 0.4) is 0 Å². The Morgan fingerprint density at radius 1 is 0.630 bits per heavy atom. The van der Waals surface area contributed by atoms with Crippen molar-refractivity contribution in [3.05, 3.63) is 192 Å². The number of benzene rings is 5. The number of thioether (sulfide) groups is 1. The molecule has 0 amide bonds. The Labute approximate surface area is 311 Å². The van der Waals surface area contributed by atoms with Crippen LogP contribution < -0.4 is 10.4 Å². The van der Waals surface area contributed by atoms with Crippen LogP contribution in [0.4, 0.5) is 22.0 Å². The summed E-state index contributed by atoms with van der Waals surface area (Å²) in [4.78, 5) is 7.17. The van der Waals surface area contributed by atoms with E-state index in [1.807, 2.05) is 43.3 Å². The third kappa shape index (κ3) is 6.35. The predicted molar refractivity (Wildman–Crippen MR) is 197 cm³/mol. The molecule has 5 aromatic carbocycles. The van der Waals surface area contributed by atoms with Gasteiger partial charge in [-0.3, -0.25) is 0 Å². The van der Waals surface area contributed by atoms with E-state index in [-0.39, 0.29) is 40.9 Å². The average molecular weight is 735 g/mol. The van der Waals surface area contributed by atoms with E-state index in [1.54, 1.807) is 24.3 Å². The maximum atomic E-state index is 14.5. The van der Waals surface area contributed by atoms with Gasteiger partial charge in [0, 0.05) is 11.3 Å². The van der Waals surface area contributed by atoms with Crippen LogP contribution >= 0.6 is 11.8 Å². The average Bonchev–Trinajstić information content (AvgIpc) is 3.72. The number of aryl methyl sites for hydroxylation is 1. The third-order valence-electron chi connectivity index (χ3n) is 9.51. The topological polar surface area (TPSA) is 56.3 Å². The van der Waals surface area contributed by atoms with Crippen molar-refractivity contribution < 1.29 is 22.0 Å². The molecule has 54 heavy (non-hydrogen) atoms. The first kappa shape index (κ1) is 35.7. The van der Waals surface area contributed by atoms with Crippen LogP contribution in [0.25, 0.3) is 43.1 Å². The van der Waals surface area contributed by atoms with Crippen molar-refractivity contribution in [2.75, 3.05) is 0 Å². The van der Waals surface area contributed by atoms with Gasteiger partial charge in [-0.25, -0.2) is 8.78 Å². The summed E-state index contributed by atoms with van der Waals surface area (Å²) in [5.41, 5.74) is 2.94. The Morgan fingerprint density at radius 2 is 1.04 bits per heavy atom. The van der Waals surface area contributed by atoms with E-state index in [4.69, 9.17) is 13.1 Å². The third-order valence-corrected chi connectivity index (χ3v) is 10.2. The second-order valence-electron chi connectivity index (χ2n) is 12.6. The van der Waals surface area contributed by atoms with E-state index < -0.39 is 17.1 Å². The quantitative estimate of drug-likeness (QED) is 0.0782. The second kappa shape index (κ2) is 14.0. The Bertz CT molecular complexity index is 2720. The maximum Gasteiger partial charge on any atom is 0.523 e. The van der Waals surface area contributed by atoms with Gasteiger partial charge in [-0.15, -0.1) is 0 Å². The molecule has 0 radical (unpaired) electrons. The van der Waals surface area contributed by atoms with Crippen LogP contribution in [-0.4, -0.2) is 5.51 Å². The van der Waals surface area contributed by atoms with Crippen molar-refractivity contribution in [1.29, 1.82) is 10.5 Å². The second-order valence-corrected chi connectivity index (χ2v) is 13.8. The first-order valence-corrected chi connectivity index (χ1v) is 17.2. The smallest absolute Gasteiger partial charge is 0.207 e. The standard InChI is InChI=1S/C44H23F5N4S/c1-24-4-6-25(7-5-24)40-36(43(52-2)53-3)21-35-39(27-10-16-31(46)17-11-27)41-34(38(42(35)40)26-8-14-30(45)15-9-26)20-33(29(22-50)23-51)37(41)28-12-18-32(19-13-28)54-44(47,48)49/h4-19H,20-21H2,1H3. The fourth-order valence-corrected chi connectivity index (χ4v) is 7.91. The van der Waals surface area contributed by atoms with Crippen molar-refractivity contribution in [2.24, 2.45) is 0 Å². The highest BCUT2D eigenvalue weighted by Crippen LogP contribution is 2.43. The van der Waals surface area contributed by atoms with Crippen LogP contribution in [0, 0.1) is 54.4 Å². The molecular formula is C44H23F5N4S. The number of hydrogen-bond acceptors (Lipinski definition) is 3. The minimum absolute atomic E-state index is 0.0348. The molecule has 0 saturated heterocycles. The molecule has 0 unspecified atom stereocenters. The molecule has 0 atom stereocenters. The Hall–Kier alpha value is -6.72. The fraction of sp³-hybridized carbons (Fsp3) is 0.0909. The van der Waals surface area contributed by atoms with Crippen molar-refractivity contribution in [2.45, 2.75) is 30.2 Å². The van der Waals surface area contributed by atoms with Gasteiger partial charge in [0.2, 0.25) is 0 Å². The number of allylic oxidation sites excluding steroid dienone is 3. The zero-order valence-electron chi connectivity index (χ0n) is 28.2. The van der Waals surface area contributed by atoms with Crippen LogP contribution in [0.5, 0.6) is 0 Å². The van der Waals surface area contributed by atoms with Crippen molar-refractivity contribution in [3.8, 4) is 34.4 Å². The maximum absolute atomic E-state index is 14.5. The summed E-state index contributed by atoms with van der Waals surface area (Å²) in [7, 11) is 0. The van der Waals surface area contributed by atoms with Gasteiger partial charge >= 0.3 is 11.3 Å². The monoisotopic (exact) mass is 734 g/mol. The van der Waals surface area contributed by atoms with Crippen LogP contribution in [0.1, 0.15) is 27.8 Å². The van der Waals surface area contributed by atoms with E-state index in [9.17, 15) is 32.5 Å². The summed E-state index contributed by atoms with van der Waals surface area (Å²) < 4.78 is 69.0. The van der Waals surface area contributed by atoms with Crippen LogP contribution in [-0.2, 0) is 12.8 Å². The first-order valence-electron chi connectivity index (χ1n) is 16.4. The molecule has 7 rings (SSSR count). The van der Waals surface area contributed by atoms with E-state index in [1.165, 1.54) is 48.5 Å². The lowest BCUT2D eigenvalue weighted by molar-refractivity contribution is -0.0328. The molecule has 10 heteroatoms. The summed E-state index contributed by atoms with van der Waals surface area (Å²) in [5, 5.41) is 21.7. The lowest BCUT2D eigenvalue weighted by Crippen LogP contribution is -2.25. The molecule has 0 N–H and O–H groups in total. The summed E-state index contributed by atoms with van der Waals surface area (Å²) in [6, 6.07) is 28.9. The number of nitriles is 2. The summed E-state index contributed by atoms with van der Waals surface area (Å²) in [5.74, 6) is -1.12. The normalized spacial score (nSPS) is 13.1. The van der Waals surface area contributed by atoms with Crippen LogP contribution in [0.15, 0.2) is 124 Å². The number of fused-ring (bicyclic) bond motifs is 2. The molecule has 2 aliphatic carbocycles. The molecule has 0 aromatic heterocycles. The molecule has 0 spiro atoms. The number of alkyl halides is 3. The predicted octanol–water partition coefficient (Wildman–Crippen LogP) is 10.1. The van der Waals surface area contributed by atoms with Gasteiger partial charge < -0.3 is 0 Å². The number of rotatable bonds is 5. The van der Waals surface area contributed by atoms with Gasteiger partial charge in [0.05, 0.1) is 5.57 Å². The van der Waals surface area contributed by atoms with Gasteiger partial charge in [-0.1, -0.05) is 66.2 Å². The van der Waals surface area contributed by atoms with E-state index in [0.29, 0.717) is 71.7 Å². The highest BCUT2D eigenvalue weighted by Gasteiger charge is 2.37. The highest BCUT2D eigenvalue weighted by atomic mass is 32.2. The lowest BCUT2D eigenvalue weighted by atomic mass is 9.86. The minimum atomic E-state index is -4.53. The molecule has 0 aliphatic heterocycles. The summed E-state index contributed by atoms with van der Waals surface area (Å²) >= 11 is -0.270. The highest BCUT2D eigenvalue weighted by molar-refractivity contribution is 8.00. The molecule has 0 saturated carbocycles.